The maximum Gasteiger partial charge on any atom is 0.416 e. The van der Waals surface area contributed by atoms with E-state index < -0.39 is 29.5 Å². The molecule has 2 aromatic rings. The third kappa shape index (κ3) is 4.26. The SMILES string of the molecule is CC(C)c1nnc(NC(=O)C2CC(=O)N(c3cccc(C(F)(F)F)c3)C2)s1. The number of nitrogens with one attached hydrogen (secondary N) is 1. The van der Waals surface area contributed by atoms with Crippen molar-refractivity contribution in [3.63, 3.8) is 0 Å². The second-order valence-electron chi connectivity index (χ2n) is 6.54. The molecule has 0 bridgehead atoms. The van der Waals surface area contributed by atoms with Crippen molar-refractivity contribution in [2.45, 2.75) is 32.4 Å². The molecule has 27 heavy (non-hydrogen) atoms. The summed E-state index contributed by atoms with van der Waals surface area (Å²) in [6.45, 7) is 3.92. The van der Waals surface area contributed by atoms with Gasteiger partial charge in [0.25, 0.3) is 0 Å². The fraction of sp³-hybridized carbons (Fsp3) is 0.412. The highest BCUT2D eigenvalue weighted by molar-refractivity contribution is 7.15. The first-order valence-electron chi connectivity index (χ1n) is 8.27. The van der Waals surface area contributed by atoms with Crippen molar-refractivity contribution in [3.8, 4) is 0 Å². The van der Waals surface area contributed by atoms with Gasteiger partial charge in [0, 0.05) is 24.6 Å². The molecule has 3 rings (SSSR count). The molecular weight excluding hydrogens is 381 g/mol. The predicted molar refractivity (Wildman–Crippen MR) is 94.5 cm³/mol. The summed E-state index contributed by atoms with van der Waals surface area (Å²) in [7, 11) is 0. The molecule has 0 spiro atoms. The largest absolute Gasteiger partial charge is 0.416 e. The van der Waals surface area contributed by atoms with Crippen LogP contribution in [0, 0.1) is 5.92 Å². The van der Waals surface area contributed by atoms with Gasteiger partial charge in [-0.15, -0.1) is 10.2 Å². The Kier molecular flexibility index (Phi) is 5.18. The van der Waals surface area contributed by atoms with Crippen molar-refractivity contribution in [1.29, 1.82) is 0 Å². The van der Waals surface area contributed by atoms with Crippen LogP contribution < -0.4 is 10.2 Å². The van der Waals surface area contributed by atoms with Crippen molar-refractivity contribution < 1.29 is 22.8 Å². The molecule has 1 aliphatic heterocycles. The van der Waals surface area contributed by atoms with Crippen LogP contribution in [0.15, 0.2) is 24.3 Å². The Labute approximate surface area is 157 Å². The van der Waals surface area contributed by atoms with E-state index in [0.717, 1.165) is 17.1 Å². The van der Waals surface area contributed by atoms with E-state index in [9.17, 15) is 22.8 Å². The third-order valence-electron chi connectivity index (χ3n) is 4.15. The Hall–Kier alpha value is -2.49. The molecule has 1 fully saturated rings. The Bertz CT molecular complexity index is 866. The lowest BCUT2D eigenvalue weighted by atomic mass is 10.1. The minimum atomic E-state index is -4.50. The van der Waals surface area contributed by atoms with Gasteiger partial charge >= 0.3 is 6.18 Å². The van der Waals surface area contributed by atoms with Crippen molar-refractivity contribution >= 4 is 34.0 Å². The fourth-order valence-corrected chi connectivity index (χ4v) is 3.46. The van der Waals surface area contributed by atoms with Crippen LogP contribution in [0.3, 0.4) is 0 Å². The van der Waals surface area contributed by atoms with Crippen LogP contribution >= 0.6 is 11.3 Å². The van der Waals surface area contributed by atoms with Gasteiger partial charge in [-0.1, -0.05) is 31.3 Å². The Morgan fingerprint density at radius 2 is 2.07 bits per heavy atom. The quantitative estimate of drug-likeness (QED) is 0.853. The summed E-state index contributed by atoms with van der Waals surface area (Å²) in [5, 5.41) is 11.6. The second kappa shape index (κ2) is 7.26. The molecule has 1 N–H and O–H groups in total. The summed E-state index contributed by atoms with van der Waals surface area (Å²) in [6, 6.07) is 4.52. The van der Waals surface area contributed by atoms with Crippen molar-refractivity contribution in [1.82, 2.24) is 10.2 Å². The first-order valence-corrected chi connectivity index (χ1v) is 9.08. The van der Waals surface area contributed by atoms with E-state index in [4.69, 9.17) is 0 Å². The molecule has 144 valence electrons. The zero-order chi connectivity index (χ0) is 19.8. The van der Waals surface area contributed by atoms with Gasteiger partial charge in [0.15, 0.2) is 0 Å². The topological polar surface area (TPSA) is 75.2 Å². The van der Waals surface area contributed by atoms with Crippen LogP contribution in [0.2, 0.25) is 0 Å². The highest BCUT2D eigenvalue weighted by atomic mass is 32.1. The average Bonchev–Trinajstić information content (AvgIpc) is 3.21. The van der Waals surface area contributed by atoms with Crippen molar-refractivity contribution in [2.24, 2.45) is 5.92 Å². The molecule has 1 aliphatic rings. The van der Waals surface area contributed by atoms with Crippen molar-refractivity contribution in [2.75, 3.05) is 16.8 Å². The molecular formula is C17H17F3N4O2S. The molecule has 10 heteroatoms. The van der Waals surface area contributed by atoms with E-state index in [1.807, 2.05) is 13.8 Å². The van der Waals surface area contributed by atoms with Gasteiger partial charge in [-0.05, 0) is 18.2 Å². The predicted octanol–water partition coefficient (Wildman–Crippen LogP) is 3.67. The van der Waals surface area contributed by atoms with E-state index in [1.165, 1.54) is 28.4 Å². The summed E-state index contributed by atoms with van der Waals surface area (Å²) in [5.74, 6) is -1.28. The minimum absolute atomic E-state index is 0.0157. The van der Waals surface area contributed by atoms with Crippen LogP contribution in [0.1, 0.15) is 36.8 Å². The summed E-state index contributed by atoms with van der Waals surface area (Å²) < 4.78 is 38.6. The number of rotatable bonds is 4. The van der Waals surface area contributed by atoms with E-state index in [2.05, 4.69) is 15.5 Å². The normalized spacial score (nSPS) is 17.6. The van der Waals surface area contributed by atoms with E-state index in [-0.39, 0.29) is 24.6 Å². The third-order valence-corrected chi connectivity index (χ3v) is 5.28. The molecule has 1 unspecified atom stereocenters. The highest BCUT2D eigenvalue weighted by Crippen LogP contribution is 2.33. The smallest absolute Gasteiger partial charge is 0.312 e. The van der Waals surface area contributed by atoms with Gasteiger partial charge in [-0.2, -0.15) is 13.2 Å². The lowest BCUT2D eigenvalue weighted by Gasteiger charge is -2.18. The number of hydrogen-bond acceptors (Lipinski definition) is 5. The van der Waals surface area contributed by atoms with Gasteiger partial charge in [-0.25, -0.2) is 0 Å². The Balaban J connectivity index is 1.70. The van der Waals surface area contributed by atoms with Gasteiger partial charge in [0.1, 0.15) is 5.01 Å². The van der Waals surface area contributed by atoms with Gasteiger partial charge in [0.05, 0.1) is 11.5 Å². The molecule has 1 saturated heterocycles. The van der Waals surface area contributed by atoms with Gasteiger partial charge < -0.3 is 10.2 Å². The van der Waals surface area contributed by atoms with Crippen LogP contribution in [0.4, 0.5) is 24.0 Å². The van der Waals surface area contributed by atoms with Gasteiger partial charge in [0.2, 0.25) is 16.9 Å². The molecule has 0 aliphatic carbocycles. The van der Waals surface area contributed by atoms with E-state index >= 15 is 0 Å². The highest BCUT2D eigenvalue weighted by Gasteiger charge is 2.37. The zero-order valence-electron chi connectivity index (χ0n) is 14.6. The maximum absolute atomic E-state index is 12.9. The number of carbonyl (C=O) groups is 2. The second-order valence-corrected chi connectivity index (χ2v) is 7.55. The molecule has 6 nitrogen and oxygen atoms in total. The van der Waals surface area contributed by atoms with E-state index in [0.29, 0.717) is 5.13 Å². The Morgan fingerprint density at radius 3 is 2.70 bits per heavy atom. The number of benzene rings is 1. The number of alkyl halides is 3. The first-order chi connectivity index (χ1) is 12.6. The molecule has 1 aromatic carbocycles. The van der Waals surface area contributed by atoms with Crippen LogP contribution in [0.25, 0.3) is 0 Å². The monoisotopic (exact) mass is 398 g/mol. The van der Waals surface area contributed by atoms with E-state index in [1.54, 1.807) is 0 Å². The summed E-state index contributed by atoms with van der Waals surface area (Å²) >= 11 is 1.25. The molecule has 2 amide bonds. The fourth-order valence-electron chi connectivity index (χ4n) is 2.71. The zero-order valence-corrected chi connectivity index (χ0v) is 15.4. The van der Waals surface area contributed by atoms with Crippen LogP contribution in [0.5, 0.6) is 0 Å². The molecule has 1 aromatic heterocycles. The number of aromatic nitrogens is 2. The molecule has 1 atom stereocenters. The van der Waals surface area contributed by atoms with Crippen LogP contribution in [-0.2, 0) is 15.8 Å². The number of amides is 2. The lowest BCUT2D eigenvalue weighted by Crippen LogP contribution is -2.28. The summed E-state index contributed by atoms with van der Waals surface area (Å²) in [4.78, 5) is 25.9. The number of carbonyl (C=O) groups excluding carboxylic acids is 2. The maximum atomic E-state index is 12.9. The average molecular weight is 398 g/mol. The number of hydrogen-bond donors (Lipinski definition) is 1. The number of halogens is 3. The standard InChI is InChI=1S/C17H17F3N4O2S/c1-9(2)15-22-23-16(27-15)21-14(26)10-6-13(25)24(8-10)12-5-3-4-11(7-12)17(18,19)20/h3-5,7,9-10H,6,8H2,1-2H3,(H,21,23,26). The molecule has 0 saturated carbocycles. The summed E-state index contributed by atoms with van der Waals surface area (Å²) in [5.41, 5.74) is -0.709. The van der Waals surface area contributed by atoms with Crippen LogP contribution in [-0.4, -0.2) is 28.6 Å². The Morgan fingerprint density at radius 1 is 1.33 bits per heavy atom. The first kappa shape index (κ1) is 19.3. The lowest BCUT2D eigenvalue weighted by molar-refractivity contribution is -0.137. The van der Waals surface area contributed by atoms with Gasteiger partial charge in [-0.3, -0.25) is 9.59 Å². The number of nitrogens with zero attached hydrogens (tertiary/aromatic N) is 3. The molecule has 0 radical (unpaired) electrons. The van der Waals surface area contributed by atoms with Crippen molar-refractivity contribution in [3.05, 3.63) is 34.8 Å². The summed E-state index contributed by atoms with van der Waals surface area (Å²) in [6.07, 6.45) is -4.57. The molecule has 2 heterocycles. The minimum Gasteiger partial charge on any atom is -0.312 e. The number of anilines is 2.